The van der Waals surface area contributed by atoms with Gasteiger partial charge < -0.3 is 14.1 Å². The van der Waals surface area contributed by atoms with Crippen LogP contribution in [-0.4, -0.2) is 65.8 Å². The van der Waals surface area contributed by atoms with Crippen molar-refractivity contribution in [1.29, 1.82) is 0 Å². The number of hydrogen-bond donors (Lipinski definition) is 0. The van der Waals surface area contributed by atoms with E-state index in [0.717, 1.165) is 5.76 Å². The topological polar surface area (TPSA) is 58.8 Å². The highest BCUT2D eigenvalue weighted by atomic mass is 19.3. The van der Waals surface area contributed by atoms with Gasteiger partial charge in [0, 0.05) is 38.4 Å². The Kier molecular flexibility index (Phi) is 6.18. The van der Waals surface area contributed by atoms with E-state index in [0.29, 0.717) is 32.7 Å². The van der Waals surface area contributed by atoms with Crippen LogP contribution in [0.25, 0.3) is 0 Å². The number of nitrogens with zero attached hydrogens (tertiary/aromatic N) is 3. The van der Waals surface area contributed by atoms with E-state index in [9.17, 15) is 22.4 Å². The summed E-state index contributed by atoms with van der Waals surface area (Å²) in [5, 5.41) is 0. The highest BCUT2D eigenvalue weighted by Gasteiger charge is 2.41. The maximum Gasteiger partial charge on any atom is 0.340 e. The average Bonchev–Trinajstić information content (AvgIpc) is 3.20. The molecule has 0 N–H and O–H groups in total. The summed E-state index contributed by atoms with van der Waals surface area (Å²) in [6, 6.07) is 6.30. The first-order valence-corrected chi connectivity index (χ1v) is 8.64. The number of ether oxygens (including phenoxy) is 1. The fourth-order valence-electron chi connectivity index (χ4n) is 2.74. The molecule has 1 saturated heterocycles. The number of aromatic nitrogens is 1. The van der Waals surface area contributed by atoms with Crippen LogP contribution in [-0.2, 0) is 6.54 Å². The van der Waals surface area contributed by atoms with Gasteiger partial charge in [0.2, 0.25) is 5.88 Å². The molecule has 1 aliphatic heterocycles. The smallest absolute Gasteiger partial charge is 0.340 e. The number of alkyl halides is 4. The molecular weight excluding hydrogens is 382 g/mol. The third-order valence-electron chi connectivity index (χ3n) is 4.33. The van der Waals surface area contributed by atoms with Gasteiger partial charge in [0.05, 0.1) is 18.4 Å². The molecule has 1 fully saturated rings. The zero-order chi connectivity index (χ0) is 20.1. The number of hydrogen-bond acceptors (Lipinski definition) is 5. The average molecular weight is 401 g/mol. The van der Waals surface area contributed by atoms with Gasteiger partial charge >= 0.3 is 12.3 Å². The Morgan fingerprint density at radius 1 is 1.21 bits per heavy atom. The van der Waals surface area contributed by atoms with Crippen LogP contribution in [0.15, 0.2) is 41.1 Å². The van der Waals surface area contributed by atoms with Crippen LogP contribution < -0.4 is 4.74 Å². The molecule has 28 heavy (non-hydrogen) atoms. The van der Waals surface area contributed by atoms with Gasteiger partial charge in [-0.05, 0) is 18.2 Å². The number of rotatable bonds is 7. The number of halogens is 4. The van der Waals surface area contributed by atoms with Crippen molar-refractivity contribution >= 4 is 5.91 Å². The number of furan rings is 1. The lowest BCUT2D eigenvalue weighted by Crippen LogP contribution is -2.48. The molecule has 2 aromatic rings. The van der Waals surface area contributed by atoms with Crippen molar-refractivity contribution in [2.45, 2.75) is 18.9 Å². The van der Waals surface area contributed by atoms with Crippen molar-refractivity contribution in [3.05, 3.63) is 48.0 Å². The Hall–Kier alpha value is -2.62. The third-order valence-corrected chi connectivity index (χ3v) is 4.33. The monoisotopic (exact) mass is 401 g/mol. The number of pyridine rings is 1. The van der Waals surface area contributed by atoms with Gasteiger partial charge in [0.15, 0.2) is 6.61 Å². The molecule has 10 heteroatoms. The lowest BCUT2D eigenvalue weighted by atomic mass is 10.2. The highest BCUT2D eigenvalue weighted by molar-refractivity contribution is 5.94. The summed E-state index contributed by atoms with van der Waals surface area (Å²) in [6.07, 6.45) is -1.02. The van der Waals surface area contributed by atoms with Crippen LogP contribution in [0, 0.1) is 0 Å². The lowest BCUT2D eigenvalue weighted by molar-refractivity contribution is -0.148. The van der Waals surface area contributed by atoms with E-state index in [1.165, 1.54) is 18.3 Å². The first kappa shape index (κ1) is 20.1. The second-order valence-corrected chi connectivity index (χ2v) is 6.38. The number of carbonyl (C=O) groups excluding carboxylic acids is 1. The second kappa shape index (κ2) is 8.59. The van der Waals surface area contributed by atoms with Crippen LogP contribution in [0.1, 0.15) is 16.1 Å². The summed E-state index contributed by atoms with van der Waals surface area (Å²) >= 11 is 0. The predicted molar refractivity (Wildman–Crippen MR) is 90.6 cm³/mol. The molecule has 2 aromatic heterocycles. The highest BCUT2D eigenvalue weighted by Crippen LogP contribution is 2.23. The molecule has 0 spiro atoms. The van der Waals surface area contributed by atoms with Gasteiger partial charge in [0.1, 0.15) is 5.76 Å². The Morgan fingerprint density at radius 3 is 2.54 bits per heavy atom. The van der Waals surface area contributed by atoms with Crippen molar-refractivity contribution in [3.63, 3.8) is 0 Å². The fourth-order valence-corrected chi connectivity index (χ4v) is 2.74. The molecule has 152 valence electrons. The summed E-state index contributed by atoms with van der Waals surface area (Å²) in [4.78, 5) is 20.1. The van der Waals surface area contributed by atoms with Crippen molar-refractivity contribution < 1.29 is 31.5 Å². The summed E-state index contributed by atoms with van der Waals surface area (Å²) in [5.41, 5.74) is 0.271. The van der Waals surface area contributed by atoms with E-state index in [2.05, 4.69) is 14.6 Å². The summed E-state index contributed by atoms with van der Waals surface area (Å²) < 4.78 is 59.9. The van der Waals surface area contributed by atoms with Gasteiger partial charge in [-0.3, -0.25) is 9.69 Å². The molecule has 1 amide bonds. The number of carbonyl (C=O) groups is 1. The quantitative estimate of drug-likeness (QED) is 0.668. The van der Waals surface area contributed by atoms with Gasteiger partial charge in [0.25, 0.3) is 5.91 Å². The largest absolute Gasteiger partial charge is 0.471 e. The van der Waals surface area contributed by atoms with Crippen molar-refractivity contribution in [2.75, 3.05) is 32.8 Å². The van der Waals surface area contributed by atoms with Crippen LogP contribution in [0.4, 0.5) is 17.6 Å². The molecule has 6 nitrogen and oxygen atoms in total. The molecule has 0 radical (unpaired) electrons. The zero-order valence-corrected chi connectivity index (χ0v) is 14.9. The molecule has 0 bridgehead atoms. The minimum atomic E-state index is -4.26. The summed E-state index contributed by atoms with van der Waals surface area (Å²) in [7, 11) is 0. The molecule has 0 unspecified atom stereocenters. The summed E-state index contributed by atoms with van der Waals surface area (Å²) in [5.74, 6) is -3.89. The second-order valence-electron chi connectivity index (χ2n) is 6.38. The molecular formula is C18H19F4N3O3. The van der Waals surface area contributed by atoms with E-state index >= 15 is 0 Å². The molecule has 1 aliphatic rings. The van der Waals surface area contributed by atoms with E-state index in [1.807, 2.05) is 12.1 Å². The van der Waals surface area contributed by atoms with E-state index < -0.39 is 19.0 Å². The minimum absolute atomic E-state index is 0.241. The van der Waals surface area contributed by atoms with E-state index in [-0.39, 0.29) is 17.4 Å². The summed E-state index contributed by atoms with van der Waals surface area (Å²) in [6.45, 7) is 1.61. The molecule has 3 rings (SSSR count). The molecule has 3 heterocycles. The maximum absolute atomic E-state index is 12.9. The standard InChI is InChI=1S/C18H19F4N3O3/c19-17(20)18(21,22)12-28-15-4-3-13(10-23-15)16(26)25-7-5-24(6-8-25)11-14-2-1-9-27-14/h1-4,9-10,17H,5-8,11-12H2. The zero-order valence-electron chi connectivity index (χ0n) is 14.9. The van der Waals surface area contributed by atoms with Crippen molar-refractivity contribution in [1.82, 2.24) is 14.8 Å². The Balaban J connectivity index is 1.49. The number of amides is 1. The van der Waals surface area contributed by atoms with Crippen LogP contribution in [0.2, 0.25) is 0 Å². The van der Waals surface area contributed by atoms with Crippen LogP contribution in [0.3, 0.4) is 0 Å². The predicted octanol–water partition coefficient (Wildman–Crippen LogP) is 2.91. The molecule has 0 atom stereocenters. The Morgan fingerprint density at radius 2 is 1.96 bits per heavy atom. The number of piperazine rings is 1. The lowest BCUT2D eigenvalue weighted by Gasteiger charge is -2.34. The van der Waals surface area contributed by atoms with Gasteiger partial charge in [-0.2, -0.15) is 8.78 Å². The SMILES string of the molecule is O=C(c1ccc(OCC(F)(F)C(F)F)nc1)N1CCN(Cc2ccco2)CC1. The van der Waals surface area contributed by atoms with Crippen molar-refractivity contribution in [3.8, 4) is 5.88 Å². The Labute approximate surface area is 158 Å². The molecule has 0 aromatic carbocycles. The molecule has 0 aliphatic carbocycles. The van der Waals surface area contributed by atoms with Crippen molar-refractivity contribution in [2.24, 2.45) is 0 Å². The van der Waals surface area contributed by atoms with E-state index in [1.54, 1.807) is 11.2 Å². The van der Waals surface area contributed by atoms with Crippen LogP contribution >= 0.6 is 0 Å². The Bertz CT molecular complexity index is 761. The van der Waals surface area contributed by atoms with Gasteiger partial charge in [-0.15, -0.1) is 0 Å². The van der Waals surface area contributed by atoms with E-state index in [4.69, 9.17) is 4.42 Å². The van der Waals surface area contributed by atoms with Gasteiger partial charge in [-0.25, -0.2) is 13.8 Å². The first-order valence-electron chi connectivity index (χ1n) is 8.64. The van der Waals surface area contributed by atoms with Gasteiger partial charge in [-0.1, -0.05) is 0 Å². The van der Waals surface area contributed by atoms with Crippen LogP contribution in [0.5, 0.6) is 5.88 Å². The fraction of sp³-hybridized carbons (Fsp3) is 0.444. The third kappa shape index (κ3) is 5.00. The first-order chi connectivity index (χ1) is 13.3. The maximum atomic E-state index is 12.9. The minimum Gasteiger partial charge on any atom is -0.471 e. The normalized spacial score (nSPS) is 15.8. The molecule has 0 saturated carbocycles.